The van der Waals surface area contributed by atoms with Gasteiger partial charge < -0.3 is 19.3 Å². The number of rotatable bonds is 5. The van der Waals surface area contributed by atoms with Gasteiger partial charge in [0.05, 0.1) is 20.3 Å². The van der Waals surface area contributed by atoms with Crippen molar-refractivity contribution >= 4 is 11.8 Å². The van der Waals surface area contributed by atoms with Crippen LogP contribution in [0.5, 0.6) is 5.75 Å². The summed E-state index contributed by atoms with van der Waals surface area (Å²) in [6.07, 6.45) is 2.33. The standard InChI is InChI=1S/C26H32N2O4/c1-19-23(21-6-8-22(31-2)9-7-21)4-3-5-24(19)26(30)28-12-10-20(11-13-28)18-25(29)27-14-16-32-17-15-27/h3-9,20H,10-18H2,1-2H3. The summed E-state index contributed by atoms with van der Waals surface area (Å²) in [6, 6.07) is 13.8. The molecule has 2 aliphatic rings. The van der Waals surface area contributed by atoms with Crippen molar-refractivity contribution in [2.24, 2.45) is 5.92 Å². The van der Waals surface area contributed by atoms with Crippen LogP contribution in [0, 0.1) is 12.8 Å². The summed E-state index contributed by atoms with van der Waals surface area (Å²) in [5.74, 6) is 1.46. The van der Waals surface area contributed by atoms with Crippen LogP contribution in [-0.2, 0) is 9.53 Å². The highest BCUT2D eigenvalue weighted by atomic mass is 16.5. The summed E-state index contributed by atoms with van der Waals surface area (Å²) in [5, 5.41) is 0. The predicted molar refractivity (Wildman–Crippen MR) is 124 cm³/mol. The third-order valence-electron chi connectivity index (χ3n) is 6.69. The van der Waals surface area contributed by atoms with E-state index in [0.717, 1.165) is 40.8 Å². The molecule has 2 fully saturated rings. The van der Waals surface area contributed by atoms with Gasteiger partial charge in [0.1, 0.15) is 5.75 Å². The minimum Gasteiger partial charge on any atom is -0.497 e. The smallest absolute Gasteiger partial charge is 0.254 e. The van der Waals surface area contributed by atoms with Crippen molar-refractivity contribution in [3.8, 4) is 16.9 Å². The average molecular weight is 437 g/mol. The lowest BCUT2D eigenvalue weighted by Gasteiger charge is -2.34. The Bertz CT molecular complexity index is 943. The molecular formula is C26H32N2O4. The lowest BCUT2D eigenvalue weighted by molar-refractivity contribution is -0.136. The van der Waals surface area contributed by atoms with Crippen LogP contribution < -0.4 is 4.74 Å². The Morgan fingerprint density at radius 3 is 2.31 bits per heavy atom. The number of nitrogens with zero attached hydrogens (tertiary/aromatic N) is 2. The second-order valence-corrected chi connectivity index (χ2v) is 8.64. The first-order valence-electron chi connectivity index (χ1n) is 11.5. The van der Waals surface area contributed by atoms with Gasteiger partial charge in [-0.2, -0.15) is 0 Å². The van der Waals surface area contributed by atoms with E-state index >= 15 is 0 Å². The van der Waals surface area contributed by atoms with Gasteiger partial charge in [0.25, 0.3) is 5.91 Å². The van der Waals surface area contributed by atoms with Gasteiger partial charge >= 0.3 is 0 Å². The maximum Gasteiger partial charge on any atom is 0.254 e. The Labute approximate surface area is 190 Å². The van der Waals surface area contributed by atoms with Crippen LogP contribution >= 0.6 is 0 Å². The number of hydrogen-bond donors (Lipinski definition) is 0. The maximum absolute atomic E-state index is 13.3. The number of hydrogen-bond acceptors (Lipinski definition) is 4. The molecule has 0 spiro atoms. The number of carbonyl (C=O) groups excluding carboxylic acids is 2. The molecule has 2 aromatic carbocycles. The van der Waals surface area contributed by atoms with Gasteiger partial charge in [-0.25, -0.2) is 0 Å². The largest absolute Gasteiger partial charge is 0.497 e. The topological polar surface area (TPSA) is 59.1 Å². The number of piperidine rings is 1. The van der Waals surface area contributed by atoms with Gasteiger partial charge in [0, 0.05) is 38.2 Å². The van der Waals surface area contributed by atoms with Crippen molar-refractivity contribution in [2.45, 2.75) is 26.2 Å². The maximum atomic E-state index is 13.3. The summed E-state index contributed by atoms with van der Waals surface area (Å²) >= 11 is 0. The molecule has 0 unspecified atom stereocenters. The molecule has 0 saturated carbocycles. The van der Waals surface area contributed by atoms with Gasteiger partial charge in [-0.15, -0.1) is 0 Å². The van der Waals surface area contributed by atoms with Gasteiger partial charge in [-0.1, -0.05) is 24.3 Å². The fourth-order valence-corrected chi connectivity index (χ4v) is 4.65. The van der Waals surface area contributed by atoms with Crippen molar-refractivity contribution in [1.82, 2.24) is 9.80 Å². The van der Waals surface area contributed by atoms with E-state index in [0.29, 0.717) is 51.7 Å². The SMILES string of the molecule is COc1ccc(-c2cccc(C(=O)N3CCC(CC(=O)N4CCOCC4)CC3)c2C)cc1. The zero-order chi connectivity index (χ0) is 22.5. The summed E-state index contributed by atoms with van der Waals surface area (Å²) in [7, 11) is 1.65. The molecule has 0 radical (unpaired) electrons. The van der Waals surface area contributed by atoms with Crippen LogP contribution in [0.3, 0.4) is 0 Å². The minimum atomic E-state index is 0.0795. The molecule has 2 saturated heterocycles. The number of ether oxygens (including phenoxy) is 2. The number of likely N-dealkylation sites (tertiary alicyclic amines) is 1. The summed E-state index contributed by atoms with van der Waals surface area (Å²) in [4.78, 5) is 29.7. The van der Waals surface area contributed by atoms with Crippen molar-refractivity contribution < 1.29 is 19.1 Å². The molecule has 0 N–H and O–H groups in total. The highest BCUT2D eigenvalue weighted by molar-refractivity contribution is 5.97. The van der Waals surface area contributed by atoms with Crippen molar-refractivity contribution in [2.75, 3.05) is 46.5 Å². The van der Waals surface area contributed by atoms with Crippen molar-refractivity contribution in [3.05, 3.63) is 53.6 Å². The van der Waals surface area contributed by atoms with E-state index in [1.165, 1.54) is 0 Å². The zero-order valence-electron chi connectivity index (χ0n) is 19.0. The molecule has 0 aliphatic carbocycles. The van der Waals surface area contributed by atoms with Crippen LogP contribution in [0.25, 0.3) is 11.1 Å². The van der Waals surface area contributed by atoms with Crippen molar-refractivity contribution in [3.63, 3.8) is 0 Å². The Morgan fingerprint density at radius 2 is 1.66 bits per heavy atom. The fourth-order valence-electron chi connectivity index (χ4n) is 4.65. The summed E-state index contributed by atoms with van der Waals surface area (Å²) in [5.41, 5.74) is 3.87. The molecule has 6 nitrogen and oxygen atoms in total. The van der Waals surface area contributed by atoms with E-state index in [1.54, 1.807) is 7.11 Å². The normalized spacial score (nSPS) is 17.3. The molecular weight excluding hydrogens is 404 g/mol. The van der Waals surface area contributed by atoms with Gasteiger partial charge in [-0.05, 0) is 60.6 Å². The Hall–Kier alpha value is -2.86. The highest BCUT2D eigenvalue weighted by Gasteiger charge is 2.28. The van der Waals surface area contributed by atoms with Gasteiger partial charge in [-0.3, -0.25) is 9.59 Å². The number of carbonyl (C=O) groups is 2. The second-order valence-electron chi connectivity index (χ2n) is 8.64. The number of methoxy groups -OCH3 is 1. The highest BCUT2D eigenvalue weighted by Crippen LogP contribution is 2.29. The number of amides is 2. The first-order valence-corrected chi connectivity index (χ1v) is 11.5. The van der Waals surface area contributed by atoms with Crippen LogP contribution in [-0.4, -0.2) is 68.1 Å². The molecule has 4 rings (SSSR count). The van der Waals surface area contributed by atoms with Crippen molar-refractivity contribution in [1.29, 1.82) is 0 Å². The lowest BCUT2D eigenvalue weighted by Crippen LogP contribution is -2.43. The Morgan fingerprint density at radius 1 is 0.969 bits per heavy atom. The molecule has 170 valence electrons. The fraction of sp³-hybridized carbons (Fsp3) is 0.462. The Balaban J connectivity index is 1.38. The van der Waals surface area contributed by atoms with Gasteiger partial charge in [0.2, 0.25) is 5.91 Å². The molecule has 2 aliphatic heterocycles. The minimum absolute atomic E-state index is 0.0795. The molecule has 0 bridgehead atoms. The molecule has 32 heavy (non-hydrogen) atoms. The second kappa shape index (κ2) is 10.2. The third-order valence-corrected chi connectivity index (χ3v) is 6.69. The van der Waals surface area contributed by atoms with Crippen LogP contribution in [0.1, 0.15) is 35.2 Å². The van der Waals surface area contributed by atoms with E-state index in [1.807, 2.05) is 53.1 Å². The molecule has 2 amide bonds. The van der Waals surface area contributed by atoms with Crippen LogP contribution in [0.2, 0.25) is 0 Å². The van der Waals surface area contributed by atoms with Crippen LogP contribution in [0.15, 0.2) is 42.5 Å². The van der Waals surface area contributed by atoms with Crippen LogP contribution in [0.4, 0.5) is 0 Å². The molecule has 0 aromatic heterocycles. The average Bonchev–Trinajstić information content (AvgIpc) is 2.85. The third kappa shape index (κ3) is 4.96. The number of benzene rings is 2. The van der Waals surface area contributed by atoms with Gasteiger partial charge in [0.15, 0.2) is 0 Å². The Kier molecular flexibility index (Phi) is 7.10. The summed E-state index contributed by atoms with van der Waals surface area (Å²) in [6.45, 7) is 6.07. The summed E-state index contributed by atoms with van der Waals surface area (Å²) < 4.78 is 10.6. The van der Waals surface area contributed by atoms with E-state index in [9.17, 15) is 9.59 Å². The quantitative estimate of drug-likeness (QED) is 0.716. The van der Waals surface area contributed by atoms with E-state index in [2.05, 4.69) is 6.07 Å². The lowest BCUT2D eigenvalue weighted by atomic mass is 9.91. The molecule has 0 atom stereocenters. The molecule has 2 heterocycles. The van der Waals surface area contributed by atoms with E-state index < -0.39 is 0 Å². The first-order chi connectivity index (χ1) is 15.6. The first kappa shape index (κ1) is 22.3. The zero-order valence-corrected chi connectivity index (χ0v) is 19.0. The monoisotopic (exact) mass is 436 g/mol. The number of morpholine rings is 1. The van der Waals surface area contributed by atoms with E-state index in [-0.39, 0.29) is 11.8 Å². The van der Waals surface area contributed by atoms with E-state index in [4.69, 9.17) is 9.47 Å². The molecule has 2 aromatic rings. The predicted octanol–water partition coefficient (Wildman–Crippen LogP) is 3.77. The molecule has 6 heteroatoms.